The molecule has 1 unspecified atom stereocenters. The second-order valence-corrected chi connectivity index (χ2v) is 7.46. The van der Waals surface area contributed by atoms with Crippen molar-refractivity contribution in [2.75, 3.05) is 7.05 Å². The van der Waals surface area contributed by atoms with Crippen molar-refractivity contribution >= 4 is 48.7 Å². The van der Waals surface area contributed by atoms with Crippen molar-refractivity contribution in [3.8, 4) is 0 Å². The van der Waals surface area contributed by atoms with Gasteiger partial charge in [-0.2, -0.15) is 0 Å². The van der Waals surface area contributed by atoms with Gasteiger partial charge in [0.2, 0.25) is 0 Å². The molecule has 0 saturated heterocycles. The van der Waals surface area contributed by atoms with Crippen molar-refractivity contribution in [1.29, 1.82) is 0 Å². The molecule has 0 spiro atoms. The summed E-state index contributed by atoms with van der Waals surface area (Å²) >= 11 is 7.13. The Kier molecular flexibility index (Phi) is 3.52. The smallest absolute Gasteiger partial charge is 0.0702 e. The highest BCUT2D eigenvalue weighted by Crippen LogP contribution is 2.36. The van der Waals surface area contributed by atoms with Crippen LogP contribution in [0.5, 0.6) is 0 Å². The van der Waals surface area contributed by atoms with E-state index in [1.165, 1.54) is 24.3 Å². The second-order valence-electron chi connectivity index (χ2n) is 4.05. The third-order valence-electron chi connectivity index (χ3n) is 2.99. The molecule has 1 nitrogen and oxygen atoms in total. The van der Waals surface area contributed by atoms with Crippen molar-refractivity contribution in [3.63, 3.8) is 0 Å². The number of nitrogens with one attached hydrogen (secondary N) is 1. The first kappa shape index (κ1) is 12.4. The van der Waals surface area contributed by atoms with E-state index in [1.807, 2.05) is 18.4 Å². The molecule has 3 rings (SSSR count). The van der Waals surface area contributed by atoms with Crippen LogP contribution >= 0.6 is 38.6 Å². The summed E-state index contributed by atoms with van der Waals surface area (Å²) in [6.45, 7) is 0. The molecule has 4 heteroatoms. The molecule has 2 heterocycles. The van der Waals surface area contributed by atoms with Gasteiger partial charge >= 0.3 is 0 Å². The van der Waals surface area contributed by atoms with Crippen LogP contribution in [0.3, 0.4) is 0 Å². The summed E-state index contributed by atoms with van der Waals surface area (Å²) in [5, 5.41) is 7.04. The molecule has 0 radical (unpaired) electrons. The Morgan fingerprint density at radius 2 is 2.00 bits per heavy atom. The van der Waals surface area contributed by atoms with E-state index in [0.717, 1.165) is 0 Å². The third kappa shape index (κ3) is 2.14. The number of hydrogen-bond donors (Lipinski definition) is 1. The van der Waals surface area contributed by atoms with Gasteiger partial charge in [-0.3, -0.25) is 0 Å². The topological polar surface area (TPSA) is 12.0 Å². The van der Waals surface area contributed by atoms with Crippen LogP contribution in [0.4, 0.5) is 0 Å². The lowest BCUT2D eigenvalue weighted by Crippen LogP contribution is -2.15. The Hall–Kier alpha value is -0.680. The molecule has 1 atom stereocenters. The minimum atomic E-state index is 0.275. The zero-order valence-electron chi connectivity index (χ0n) is 9.81. The van der Waals surface area contributed by atoms with E-state index in [-0.39, 0.29) is 6.04 Å². The molecule has 0 saturated carbocycles. The van der Waals surface area contributed by atoms with Gasteiger partial charge in [0.05, 0.1) is 9.83 Å². The fraction of sp³-hybridized carbons (Fsp3) is 0.143. The second kappa shape index (κ2) is 5.13. The lowest BCUT2D eigenvalue weighted by atomic mass is 10.0. The van der Waals surface area contributed by atoms with Crippen LogP contribution in [-0.4, -0.2) is 7.05 Å². The minimum Gasteiger partial charge on any atom is -0.309 e. The van der Waals surface area contributed by atoms with Crippen LogP contribution in [0.2, 0.25) is 0 Å². The van der Waals surface area contributed by atoms with Crippen molar-refractivity contribution < 1.29 is 0 Å². The number of halogens is 1. The maximum absolute atomic E-state index is 3.54. The summed E-state index contributed by atoms with van der Waals surface area (Å²) in [7, 11) is 2.02. The van der Waals surface area contributed by atoms with E-state index in [9.17, 15) is 0 Å². The van der Waals surface area contributed by atoms with Crippen LogP contribution in [0.15, 0.2) is 45.6 Å². The standard InChI is InChI=1S/C14H12BrNS2/c1-16-14(12-6-7-13(15)18-12)10-8-17-11-5-3-2-4-9(10)11/h2-8,14,16H,1H3. The van der Waals surface area contributed by atoms with Crippen LogP contribution in [0, 0.1) is 0 Å². The molecule has 0 aliphatic rings. The van der Waals surface area contributed by atoms with E-state index < -0.39 is 0 Å². The zero-order valence-corrected chi connectivity index (χ0v) is 13.0. The van der Waals surface area contributed by atoms with Gasteiger partial charge in [-0.25, -0.2) is 0 Å². The average Bonchev–Trinajstić information content (AvgIpc) is 2.98. The van der Waals surface area contributed by atoms with Gasteiger partial charge in [0.15, 0.2) is 0 Å². The third-order valence-corrected chi connectivity index (χ3v) is 5.66. The summed E-state index contributed by atoms with van der Waals surface area (Å²) < 4.78 is 2.53. The molecule has 0 aliphatic heterocycles. The first-order valence-corrected chi connectivity index (χ1v) is 8.17. The van der Waals surface area contributed by atoms with Gasteiger partial charge in [0, 0.05) is 9.58 Å². The molecule has 18 heavy (non-hydrogen) atoms. The Bertz CT molecular complexity index is 671. The fourth-order valence-corrected chi connectivity index (χ4v) is 4.70. The van der Waals surface area contributed by atoms with Crippen LogP contribution in [0.25, 0.3) is 10.1 Å². The van der Waals surface area contributed by atoms with Crippen molar-refractivity contribution in [2.45, 2.75) is 6.04 Å². The quantitative estimate of drug-likeness (QED) is 0.706. The summed E-state index contributed by atoms with van der Waals surface area (Å²) in [5.74, 6) is 0. The molecule has 2 aromatic heterocycles. The predicted molar refractivity (Wildman–Crippen MR) is 84.7 cm³/mol. The maximum Gasteiger partial charge on any atom is 0.0702 e. The molecule has 0 amide bonds. The van der Waals surface area contributed by atoms with Gasteiger partial charge in [0.25, 0.3) is 0 Å². The number of hydrogen-bond acceptors (Lipinski definition) is 3. The molecule has 0 aliphatic carbocycles. The fourth-order valence-electron chi connectivity index (χ4n) is 2.16. The largest absolute Gasteiger partial charge is 0.309 e. The lowest BCUT2D eigenvalue weighted by molar-refractivity contribution is 0.711. The SMILES string of the molecule is CNC(c1ccc(Br)s1)c1csc2ccccc12. The van der Waals surface area contributed by atoms with E-state index in [2.05, 4.69) is 63.0 Å². The Morgan fingerprint density at radius 1 is 1.17 bits per heavy atom. The van der Waals surface area contributed by atoms with Gasteiger partial charge in [0.1, 0.15) is 0 Å². The zero-order chi connectivity index (χ0) is 12.5. The van der Waals surface area contributed by atoms with Gasteiger partial charge < -0.3 is 5.32 Å². The molecular formula is C14H12BrNS2. The maximum atomic E-state index is 3.54. The molecule has 0 bridgehead atoms. The van der Waals surface area contributed by atoms with E-state index in [1.54, 1.807) is 11.3 Å². The van der Waals surface area contributed by atoms with Gasteiger partial charge in [-0.1, -0.05) is 18.2 Å². The molecule has 1 aromatic carbocycles. The Balaban J connectivity index is 2.11. The summed E-state index contributed by atoms with van der Waals surface area (Å²) in [5.41, 5.74) is 1.37. The minimum absolute atomic E-state index is 0.275. The predicted octanol–water partition coefficient (Wildman–Crippen LogP) is 5.03. The lowest BCUT2D eigenvalue weighted by Gasteiger charge is -2.13. The van der Waals surface area contributed by atoms with E-state index in [4.69, 9.17) is 0 Å². The first-order valence-electron chi connectivity index (χ1n) is 5.68. The molecule has 92 valence electrons. The number of rotatable bonds is 3. The summed E-state index contributed by atoms with van der Waals surface area (Å²) in [6, 6.07) is 13.2. The Morgan fingerprint density at radius 3 is 2.72 bits per heavy atom. The average molecular weight is 338 g/mol. The van der Waals surface area contributed by atoms with Gasteiger partial charge in [-0.15, -0.1) is 22.7 Å². The molecular weight excluding hydrogens is 326 g/mol. The normalized spacial score (nSPS) is 13.0. The van der Waals surface area contributed by atoms with Crippen molar-refractivity contribution in [1.82, 2.24) is 5.32 Å². The van der Waals surface area contributed by atoms with Crippen LogP contribution in [-0.2, 0) is 0 Å². The van der Waals surface area contributed by atoms with E-state index in [0.29, 0.717) is 0 Å². The Labute approximate surface area is 123 Å². The van der Waals surface area contributed by atoms with Crippen molar-refractivity contribution in [2.24, 2.45) is 0 Å². The highest BCUT2D eigenvalue weighted by Gasteiger charge is 2.17. The first-order chi connectivity index (χ1) is 8.79. The molecule has 0 fully saturated rings. The summed E-state index contributed by atoms with van der Waals surface area (Å²) in [4.78, 5) is 1.34. The van der Waals surface area contributed by atoms with Crippen molar-refractivity contribution in [3.05, 3.63) is 56.0 Å². The number of benzene rings is 1. The number of thiophene rings is 2. The highest BCUT2D eigenvalue weighted by molar-refractivity contribution is 9.11. The van der Waals surface area contributed by atoms with Crippen LogP contribution < -0.4 is 5.32 Å². The molecule has 1 N–H and O–H groups in total. The monoisotopic (exact) mass is 337 g/mol. The summed E-state index contributed by atoms with van der Waals surface area (Å²) in [6.07, 6.45) is 0. The molecule has 3 aromatic rings. The van der Waals surface area contributed by atoms with Crippen LogP contribution in [0.1, 0.15) is 16.5 Å². The van der Waals surface area contributed by atoms with Gasteiger partial charge in [-0.05, 0) is 57.5 Å². The highest BCUT2D eigenvalue weighted by atomic mass is 79.9. The van der Waals surface area contributed by atoms with E-state index >= 15 is 0 Å². The number of fused-ring (bicyclic) bond motifs is 1.